The molecule has 1 saturated carbocycles. The van der Waals surface area contributed by atoms with E-state index in [1.165, 1.54) is 5.69 Å². The number of carbonyl (C=O) groups is 1. The number of aryl methyl sites for hydroxylation is 3. The molecule has 0 bridgehead atoms. The second kappa shape index (κ2) is 6.63. The van der Waals surface area contributed by atoms with Crippen molar-refractivity contribution in [3.05, 3.63) is 35.0 Å². The molecule has 1 aliphatic carbocycles. The maximum atomic E-state index is 12.1. The molecule has 1 fully saturated rings. The number of amides is 1. The van der Waals surface area contributed by atoms with E-state index in [-0.39, 0.29) is 17.9 Å². The summed E-state index contributed by atoms with van der Waals surface area (Å²) in [6, 6.07) is 2.35. The molecule has 0 spiro atoms. The van der Waals surface area contributed by atoms with E-state index in [4.69, 9.17) is 4.52 Å². The average Bonchev–Trinajstić information content (AvgIpc) is 3.33. The van der Waals surface area contributed by atoms with E-state index in [9.17, 15) is 4.79 Å². The van der Waals surface area contributed by atoms with Gasteiger partial charge in [0.15, 0.2) is 0 Å². The zero-order valence-corrected chi connectivity index (χ0v) is 14.9. The van der Waals surface area contributed by atoms with Gasteiger partial charge in [-0.15, -0.1) is 0 Å². The molecular formula is C18H25N5O2. The first-order valence-corrected chi connectivity index (χ1v) is 9.06. The summed E-state index contributed by atoms with van der Waals surface area (Å²) in [5.41, 5.74) is 3.30. The van der Waals surface area contributed by atoms with E-state index in [1.54, 1.807) is 0 Å². The zero-order valence-electron chi connectivity index (χ0n) is 14.9. The van der Waals surface area contributed by atoms with Crippen LogP contribution in [0.4, 0.5) is 0 Å². The van der Waals surface area contributed by atoms with Gasteiger partial charge in [0.25, 0.3) is 0 Å². The third-order valence-corrected chi connectivity index (χ3v) is 5.36. The highest BCUT2D eigenvalue weighted by atomic mass is 16.5. The van der Waals surface area contributed by atoms with Crippen molar-refractivity contribution in [1.29, 1.82) is 0 Å². The predicted octanol–water partition coefficient (Wildman–Crippen LogP) is 1.79. The van der Waals surface area contributed by atoms with Gasteiger partial charge in [0.1, 0.15) is 5.76 Å². The smallest absolute Gasteiger partial charge is 0.223 e. The molecule has 4 rings (SSSR count). The fraction of sp³-hybridized carbons (Fsp3) is 0.611. The van der Waals surface area contributed by atoms with Crippen molar-refractivity contribution in [3.8, 4) is 0 Å². The Morgan fingerprint density at radius 2 is 2.20 bits per heavy atom. The minimum Gasteiger partial charge on any atom is -0.361 e. The van der Waals surface area contributed by atoms with Crippen LogP contribution < -0.4 is 5.32 Å². The molecule has 7 nitrogen and oxygen atoms in total. The molecule has 25 heavy (non-hydrogen) atoms. The molecule has 3 heterocycles. The minimum atomic E-state index is 0.208. The van der Waals surface area contributed by atoms with Crippen LogP contribution in [0.5, 0.6) is 0 Å². The summed E-state index contributed by atoms with van der Waals surface area (Å²) in [6.45, 7) is 7.09. The molecule has 1 aliphatic heterocycles. The summed E-state index contributed by atoms with van der Waals surface area (Å²) >= 11 is 0. The van der Waals surface area contributed by atoms with Crippen LogP contribution in [0.25, 0.3) is 0 Å². The fourth-order valence-corrected chi connectivity index (χ4v) is 3.54. The van der Waals surface area contributed by atoms with Crippen molar-refractivity contribution in [2.24, 2.45) is 5.92 Å². The van der Waals surface area contributed by atoms with Crippen molar-refractivity contribution < 1.29 is 9.32 Å². The number of hydrogen-bond acceptors (Lipinski definition) is 5. The van der Waals surface area contributed by atoms with Crippen LogP contribution in [-0.4, -0.2) is 38.3 Å². The Morgan fingerprint density at radius 3 is 2.92 bits per heavy atom. The molecule has 0 unspecified atom stereocenters. The molecule has 7 heteroatoms. The number of rotatable bonds is 5. The Kier molecular flexibility index (Phi) is 4.33. The number of nitrogens with one attached hydrogen (secondary N) is 1. The van der Waals surface area contributed by atoms with Crippen LogP contribution in [0.3, 0.4) is 0 Å². The van der Waals surface area contributed by atoms with Crippen LogP contribution in [0.1, 0.15) is 42.0 Å². The van der Waals surface area contributed by atoms with Crippen molar-refractivity contribution in [2.45, 2.75) is 58.8 Å². The first kappa shape index (κ1) is 16.3. The number of aromatic nitrogens is 3. The van der Waals surface area contributed by atoms with E-state index >= 15 is 0 Å². The largest absolute Gasteiger partial charge is 0.361 e. The number of fused-ring (bicyclic) bond motifs is 1. The lowest BCUT2D eigenvalue weighted by molar-refractivity contribution is -0.122. The van der Waals surface area contributed by atoms with Gasteiger partial charge in [0, 0.05) is 49.9 Å². The quantitative estimate of drug-likeness (QED) is 0.896. The third kappa shape index (κ3) is 3.46. The summed E-state index contributed by atoms with van der Waals surface area (Å²) in [5.74, 6) is 1.33. The normalized spacial score (nSPS) is 21.0. The summed E-state index contributed by atoms with van der Waals surface area (Å²) in [6.07, 6.45) is 4.89. The summed E-state index contributed by atoms with van der Waals surface area (Å²) in [4.78, 5) is 14.5. The Bertz CT molecular complexity index is 742. The highest BCUT2D eigenvalue weighted by Gasteiger charge is 2.31. The molecule has 2 aromatic rings. The lowest BCUT2D eigenvalue weighted by atomic mass is 10.1. The maximum absolute atomic E-state index is 12.1. The number of hydrogen-bond donors (Lipinski definition) is 1. The standard InChI is InChI=1S/C18H25N5O2/c1-12-17(13(2)25-21-12)11-22-10-16-5-7-20-23(16)8-6-15(22)9-19-18(24)14-3-4-14/h5,7,14-15H,3-4,6,8-11H2,1-2H3,(H,19,24)/t15-/m1/s1. The summed E-state index contributed by atoms with van der Waals surface area (Å²) < 4.78 is 7.40. The molecule has 2 aromatic heterocycles. The summed E-state index contributed by atoms with van der Waals surface area (Å²) in [5, 5.41) is 11.7. The Hall–Kier alpha value is -2.15. The SMILES string of the molecule is Cc1noc(C)c1CN1Cc2ccnn2CC[C@@H]1CNC(=O)C1CC1. The minimum absolute atomic E-state index is 0.208. The molecule has 0 saturated heterocycles. The molecule has 0 aromatic carbocycles. The average molecular weight is 343 g/mol. The van der Waals surface area contributed by atoms with E-state index in [0.29, 0.717) is 6.54 Å². The number of nitrogens with zero attached hydrogens (tertiary/aromatic N) is 4. The summed E-state index contributed by atoms with van der Waals surface area (Å²) in [7, 11) is 0. The van der Waals surface area contributed by atoms with Crippen LogP contribution in [0, 0.1) is 19.8 Å². The first-order chi connectivity index (χ1) is 12.1. The van der Waals surface area contributed by atoms with Gasteiger partial charge < -0.3 is 9.84 Å². The van der Waals surface area contributed by atoms with Crippen LogP contribution in [0.2, 0.25) is 0 Å². The van der Waals surface area contributed by atoms with Crippen molar-refractivity contribution in [3.63, 3.8) is 0 Å². The van der Waals surface area contributed by atoms with E-state index in [0.717, 1.165) is 55.9 Å². The second-order valence-corrected chi connectivity index (χ2v) is 7.22. The van der Waals surface area contributed by atoms with Gasteiger partial charge in [-0.05, 0) is 39.2 Å². The van der Waals surface area contributed by atoms with Gasteiger partial charge in [-0.3, -0.25) is 14.4 Å². The van der Waals surface area contributed by atoms with Gasteiger partial charge >= 0.3 is 0 Å². The van der Waals surface area contributed by atoms with Crippen LogP contribution in [-0.2, 0) is 24.4 Å². The van der Waals surface area contributed by atoms with Gasteiger partial charge in [0.2, 0.25) is 5.91 Å². The molecular weight excluding hydrogens is 318 g/mol. The van der Waals surface area contributed by atoms with E-state index in [1.807, 2.05) is 20.0 Å². The van der Waals surface area contributed by atoms with Gasteiger partial charge in [0.05, 0.1) is 11.4 Å². The van der Waals surface area contributed by atoms with Gasteiger partial charge in [-0.2, -0.15) is 5.10 Å². The molecule has 1 amide bonds. The molecule has 1 atom stereocenters. The van der Waals surface area contributed by atoms with Crippen molar-refractivity contribution in [1.82, 2.24) is 25.2 Å². The lowest BCUT2D eigenvalue weighted by Crippen LogP contribution is -2.43. The molecule has 0 radical (unpaired) electrons. The maximum Gasteiger partial charge on any atom is 0.223 e. The van der Waals surface area contributed by atoms with Gasteiger partial charge in [-0.25, -0.2) is 0 Å². The lowest BCUT2D eigenvalue weighted by Gasteiger charge is -2.29. The fourth-order valence-electron chi connectivity index (χ4n) is 3.54. The van der Waals surface area contributed by atoms with Crippen molar-refractivity contribution >= 4 is 5.91 Å². The molecule has 134 valence electrons. The Balaban J connectivity index is 1.51. The van der Waals surface area contributed by atoms with Crippen LogP contribution in [0.15, 0.2) is 16.8 Å². The first-order valence-electron chi connectivity index (χ1n) is 9.06. The zero-order chi connectivity index (χ0) is 17.4. The monoisotopic (exact) mass is 343 g/mol. The van der Waals surface area contributed by atoms with Gasteiger partial charge in [-0.1, -0.05) is 5.16 Å². The predicted molar refractivity (Wildman–Crippen MR) is 91.6 cm³/mol. The Labute approximate surface area is 147 Å². The Morgan fingerprint density at radius 1 is 1.36 bits per heavy atom. The van der Waals surface area contributed by atoms with E-state index in [2.05, 4.69) is 31.2 Å². The topological polar surface area (TPSA) is 76.2 Å². The molecule has 1 N–H and O–H groups in total. The van der Waals surface area contributed by atoms with Crippen LogP contribution >= 0.6 is 0 Å². The van der Waals surface area contributed by atoms with E-state index < -0.39 is 0 Å². The van der Waals surface area contributed by atoms with Crippen molar-refractivity contribution in [2.75, 3.05) is 6.54 Å². The molecule has 2 aliphatic rings. The third-order valence-electron chi connectivity index (χ3n) is 5.36. The highest BCUT2D eigenvalue weighted by Crippen LogP contribution is 2.29. The highest BCUT2D eigenvalue weighted by molar-refractivity contribution is 5.80. The second-order valence-electron chi connectivity index (χ2n) is 7.22. The number of carbonyl (C=O) groups excluding carboxylic acids is 1.